The van der Waals surface area contributed by atoms with Crippen molar-refractivity contribution in [3.8, 4) is 0 Å². The van der Waals surface area contributed by atoms with E-state index < -0.39 is 0 Å². The molecule has 0 aromatic carbocycles. The van der Waals surface area contributed by atoms with Crippen molar-refractivity contribution in [2.45, 2.75) is 32.2 Å². The zero-order chi connectivity index (χ0) is 13.5. The normalized spacial score (nSPS) is 25.6. The minimum absolute atomic E-state index is 0.201. The molecule has 110 valence electrons. The van der Waals surface area contributed by atoms with Crippen molar-refractivity contribution in [3.63, 3.8) is 0 Å². The van der Waals surface area contributed by atoms with E-state index in [1.54, 1.807) is 0 Å². The zero-order valence-corrected chi connectivity index (χ0v) is 12.2. The number of hydrogen-bond acceptors (Lipinski definition) is 4. The van der Waals surface area contributed by atoms with Crippen LogP contribution in [0, 0.1) is 0 Å². The molecular formula is C14H28N4O. The molecule has 0 aliphatic carbocycles. The van der Waals surface area contributed by atoms with Crippen LogP contribution in [0.1, 0.15) is 26.2 Å². The van der Waals surface area contributed by atoms with Crippen molar-refractivity contribution in [1.29, 1.82) is 0 Å². The molecule has 2 aliphatic heterocycles. The summed E-state index contributed by atoms with van der Waals surface area (Å²) in [5, 5.41) is 6.41. The van der Waals surface area contributed by atoms with Gasteiger partial charge >= 0.3 is 0 Å². The largest absolute Gasteiger partial charge is 0.355 e. The van der Waals surface area contributed by atoms with Crippen molar-refractivity contribution >= 4 is 5.91 Å². The molecular weight excluding hydrogens is 240 g/mol. The highest BCUT2D eigenvalue weighted by molar-refractivity contribution is 5.76. The highest BCUT2D eigenvalue weighted by Gasteiger charge is 2.18. The van der Waals surface area contributed by atoms with E-state index in [9.17, 15) is 4.79 Å². The third kappa shape index (κ3) is 5.09. The Hall–Kier alpha value is -0.650. The number of piperazine rings is 1. The van der Waals surface area contributed by atoms with Gasteiger partial charge in [-0.25, -0.2) is 0 Å². The van der Waals surface area contributed by atoms with Crippen LogP contribution in [0.15, 0.2) is 0 Å². The maximum atomic E-state index is 11.8. The van der Waals surface area contributed by atoms with Gasteiger partial charge in [0, 0.05) is 51.7 Å². The lowest BCUT2D eigenvalue weighted by Gasteiger charge is -2.33. The molecule has 0 spiro atoms. The molecule has 2 fully saturated rings. The number of nitrogens with one attached hydrogen (secondary N) is 2. The number of carbonyl (C=O) groups excluding carboxylic acids is 1. The number of amides is 1. The second-order valence-electron chi connectivity index (χ2n) is 5.62. The Morgan fingerprint density at radius 1 is 1.26 bits per heavy atom. The van der Waals surface area contributed by atoms with E-state index in [0.717, 1.165) is 58.8 Å². The van der Waals surface area contributed by atoms with Crippen LogP contribution in [0.25, 0.3) is 0 Å². The van der Waals surface area contributed by atoms with Gasteiger partial charge in [-0.15, -0.1) is 0 Å². The Morgan fingerprint density at radius 2 is 2.00 bits per heavy atom. The van der Waals surface area contributed by atoms with Crippen molar-refractivity contribution in [1.82, 2.24) is 20.4 Å². The molecule has 2 N–H and O–H groups in total. The topological polar surface area (TPSA) is 47.6 Å². The summed E-state index contributed by atoms with van der Waals surface area (Å²) in [5.74, 6) is 0.201. The monoisotopic (exact) mass is 268 g/mol. The quantitative estimate of drug-likeness (QED) is 0.705. The maximum Gasteiger partial charge on any atom is 0.221 e. The number of nitrogens with zero attached hydrogens (tertiary/aromatic N) is 2. The zero-order valence-electron chi connectivity index (χ0n) is 12.2. The molecule has 1 unspecified atom stereocenters. The van der Waals surface area contributed by atoms with Gasteiger partial charge in [0.2, 0.25) is 5.91 Å². The Labute approximate surface area is 116 Å². The van der Waals surface area contributed by atoms with Gasteiger partial charge in [-0.1, -0.05) is 6.92 Å². The molecule has 5 heteroatoms. The molecule has 0 radical (unpaired) electrons. The van der Waals surface area contributed by atoms with E-state index in [1.807, 2.05) is 0 Å². The molecule has 5 nitrogen and oxygen atoms in total. The Kier molecular flexibility index (Phi) is 6.07. The Bertz CT molecular complexity index is 271. The van der Waals surface area contributed by atoms with Crippen molar-refractivity contribution in [2.24, 2.45) is 0 Å². The smallest absolute Gasteiger partial charge is 0.221 e. The minimum Gasteiger partial charge on any atom is -0.355 e. The van der Waals surface area contributed by atoms with Crippen molar-refractivity contribution < 1.29 is 4.79 Å². The van der Waals surface area contributed by atoms with Crippen LogP contribution in [-0.4, -0.2) is 74.1 Å². The van der Waals surface area contributed by atoms with Crippen LogP contribution in [0.5, 0.6) is 0 Å². The van der Waals surface area contributed by atoms with Crippen LogP contribution >= 0.6 is 0 Å². The molecule has 2 rings (SSSR count). The lowest BCUT2D eigenvalue weighted by atomic mass is 10.1. The first-order chi connectivity index (χ1) is 9.28. The van der Waals surface area contributed by atoms with Crippen LogP contribution in [0.4, 0.5) is 0 Å². The van der Waals surface area contributed by atoms with E-state index in [4.69, 9.17) is 0 Å². The summed E-state index contributed by atoms with van der Waals surface area (Å²) in [6.07, 6.45) is 3.00. The number of likely N-dealkylation sites (N-methyl/N-ethyl adjacent to an activating group) is 1. The third-order valence-electron chi connectivity index (χ3n) is 4.26. The molecule has 0 bridgehead atoms. The summed E-state index contributed by atoms with van der Waals surface area (Å²) in [5.41, 5.74) is 0. The van der Waals surface area contributed by atoms with Crippen molar-refractivity contribution in [3.05, 3.63) is 0 Å². The molecule has 0 aromatic heterocycles. The average Bonchev–Trinajstić information content (AvgIpc) is 2.92. The molecule has 0 aromatic rings. The van der Waals surface area contributed by atoms with E-state index >= 15 is 0 Å². The fourth-order valence-electron chi connectivity index (χ4n) is 2.91. The highest BCUT2D eigenvalue weighted by Crippen LogP contribution is 2.08. The fourth-order valence-corrected chi connectivity index (χ4v) is 2.91. The second kappa shape index (κ2) is 7.82. The van der Waals surface area contributed by atoms with Crippen LogP contribution in [0.3, 0.4) is 0 Å². The molecule has 1 amide bonds. The molecule has 1 atom stereocenters. The molecule has 2 heterocycles. The summed E-state index contributed by atoms with van der Waals surface area (Å²) >= 11 is 0. The van der Waals surface area contributed by atoms with Crippen LogP contribution in [0.2, 0.25) is 0 Å². The van der Waals surface area contributed by atoms with Gasteiger partial charge in [-0.05, 0) is 25.9 Å². The molecule has 2 saturated heterocycles. The fraction of sp³-hybridized carbons (Fsp3) is 0.929. The molecule has 19 heavy (non-hydrogen) atoms. The predicted octanol–water partition coefficient (Wildman–Crippen LogP) is -0.118. The number of hydrogen-bond donors (Lipinski definition) is 2. The first kappa shape index (κ1) is 14.8. The van der Waals surface area contributed by atoms with Gasteiger partial charge in [0.1, 0.15) is 0 Å². The lowest BCUT2D eigenvalue weighted by Crippen LogP contribution is -2.48. The van der Waals surface area contributed by atoms with Gasteiger partial charge in [0.25, 0.3) is 0 Å². The Balaban J connectivity index is 1.52. The average molecular weight is 268 g/mol. The minimum atomic E-state index is 0.201. The summed E-state index contributed by atoms with van der Waals surface area (Å²) in [6, 6.07) is 0.410. The SMILES string of the molecule is CCN1CCN(CCNC(=O)CC2CCCN2)CC1. The van der Waals surface area contributed by atoms with Gasteiger partial charge < -0.3 is 15.5 Å². The predicted molar refractivity (Wildman–Crippen MR) is 77.2 cm³/mol. The Morgan fingerprint density at radius 3 is 2.63 bits per heavy atom. The number of rotatable bonds is 6. The van der Waals surface area contributed by atoms with Gasteiger partial charge in [-0.2, -0.15) is 0 Å². The standard InChI is InChI=1S/C14H28N4O/c1-2-17-8-10-18(11-9-17)7-6-16-14(19)12-13-4-3-5-15-13/h13,15H,2-12H2,1H3,(H,16,19). The first-order valence-electron chi connectivity index (χ1n) is 7.72. The third-order valence-corrected chi connectivity index (χ3v) is 4.26. The van der Waals surface area contributed by atoms with E-state index in [1.165, 1.54) is 6.42 Å². The summed E-state index contributed by atoms with van der Waals surface area (Å²) in [7, 11) is 0. The second-order valence-corrected chi connectivity index (χ2v) is 5.62. The molecule has 0 saturated carbocycles. The number of carbonyl (C=O) groups is 1. The highest BCUT2D eigenvalue weighted by atomic mass is 16.1. The van der Waals surface area contributed by atoms with Gasteiger partial charge in [0.05, 0.1) is 0 Å². The first-order valence-corrected chi connectivity index (χ1v) is 7.72. The maximum absolute atomic E-state index is 11.8. The van der Waals surface area contributed by atoms with Crippen molar-refractivity contribution in [2.75, 3.05) is 52.4 Å². The van der Waals surface area contributed by atoms with Gasteiger partial charge in [-0.3, -0.25) is 9.69 Å². The summed E-state index contributed by atoms with van der Waals surface area (Å²) < 4.78 is 0. The van der Waals surface area contributed by atoms with Crippen LogP contribution in [-0.2, 0) is 4.79 Å². The lowest BCUT2D eigenvalue weighted by molar-refractivity contribution is -0.121. The van der Waals surface area contributed by atoms with Crippen LogP contribution < -0.4 is 10.6 Å². The molecule has 2 aliphatic rings. The summed E-state index contributed by atoms with van der Waals surface area (Å²) in [6.45, 7) is 10.8. The van der Waals surface area contributed by atoms with E-state index in [0.29, 0.717) is 12.5 Å². The van der Waals surface area contributed by atoms with Gasteiger partial charge in [0.15, 0.2) is 0 Å². The van der Waals surface area contributed by atoms with E-state index in [2.05, 4.69) is 27.4 Å². The van der Waals surface area contributed by atoms with E-state index in [-0.39, 0.29) is 5.91 Å². The summed E-state index contributed by atoms with van der Waals surface area (Å²) in [4.78, 5) is 16.7.